The van der Waals surface area contributed by atoms with Crippen LogP contribution in [0.2, 0.25) is 0 Å². The molecule has 0 bridgehead atoms. The Bertz CT molecular complexity index is 1440. The van der Waals surface area contributed by atoms with Crippen LogP contribution >= 0.6 is 11.8 Å². The van der Waals surface area contributed by atoms with Crippen molar-refractivity contribution in [2.75, 3.05) is 11.1 Å². The quantitative estimate of drug-likeness (QED) is 0.295. The molecule has 0 saturated heterocycles. The molecule has 172 valence electrons. The van der Waals surface area contributed by atoms with Crippen molar-refractivity contribution in [2.45, 2.75) is 5.16 Å². The molecule has 0 aliphatic rings. The third-order valence-electron chi connectivity index (χ3n) is 5.28. The van der Waals surface area contributed by atoms with Crippen LogP contribution in [0.5, 0.6) is 0 Å². The van der Waals surface area contributed by atoms with Crippen molar-refractivity contribution in [1.29, 1.82) is 0 Å². The highest BCUT2D eigenvalue weighted by atomic mass is 32.2. The normalized spacial score (nSPS) is 10.8. The SMILES string of the molecule is O=C(CSc1nnc(-c2ccncc2)n1-c1ccc(F)cc1)Nc1ccccc1-c1ccccc1. The molecule has 0 unspecified atom stereocenters. The van der Waals surface area contributed by atoms with E-state index >= 15 is 0 Å². The predicted octanol–water partition coefficient (Wildman–Crippen LogP) is 5.87. The van der Waals surface area contributed by atoms with Crippen LogP contribution in [0.1, 0.15) is 0 Å². The molecule has 3 aromatic carbocycles. The van der Waals surface area contributed by atoms with E-state index in [1.165, 1.54) is 23.9 Å². The number of rotatable bonds is 7. The van der Waals surface area contributed by atoms with Crippen molar-refractivity contribution in [3.63, 3.8) is 0 Å². The van der Waals surface area contributed by atoms with Gasteiger partial charge in [0.05, 0.1) is 5.75 Å². The lowest BCUT2D eigenvalue weighted by Crippen LogP contribution is -2.15. The lowest BCUT2D eigenvalue weighted by atomic mass is 10.0. The third-order valence-corrected chi connectivity index (χ3v) is 6.20. The number of anilines is 1. The molecule has 5 aromatic rings. The van der Waals surface area contributed by atoms with E-state index in [0.717, 1.165) is 22.4 Å². The number of halogens is 1. The fraction of sp³-hybridized carbons (Fsp3) is 0.0370. The minimum Gasteiger partial charge on any atom is -0.325 e. The van der Waals surface area contributed by atoms with Gasteiger partial charge in [0, 0.05) is 34.9 Å². The van der Waals surface area contributed by atoms with Gasteiger partial charge in [-0.2, -0.15) is 0 Å². The molecule has 0 aliphatic carbocycles. The largest absolute Gasteiger partial charge is 0.325 e. The van der Waals surface area contributed by atoms with E-state index in [1.807, 2.05) is 71.3 Å². The molecule has 0 atom stereocenters. The maximum absolute atomic E-state index is 13.6. The maximum atomic E-state index is 13.6. The van der Waals surface area contributed by atoms with Gasteiger partial charge in [0.2, 0.25) is 5.91 Å². The molecule has 1 N–H and O–H groups in total. The number of thioether (sulfide) groups is 1. The molecule has 0 saturated carbocycles. The number of carbonyl (C=O) groups excluding carboxylic acids is 1. The molecule has 1 amide bonds. The monoisotopic (exact) mass is 481 g/mol. The van der Waals surface area contributed by atoms with Gasteiger partial charge in [-0.15, -0.1) is 10.2 Å². The average Bonchev–Trinajstić information content (AvgIpc) is 3.33. The van der Waals surface area contributed by atoms with Crippen molar-refractivity contribution < 1.29 is 9.18 Å². The minimum atomic E-state index is -0.335. The van der Waals surface area contributed by atoms with Gasteiger partial charge in [-0.3, -0.25) is 14.3 Å². The Kier molecular flexibility index (Phi) is 6.63. The molecule has 2 heterocycles. The summed E-state index contributed by atoms with van der Waals surface area (Å²) in [6, 6.07) is 27.3. The molecule has 0 fully saturated rings. The van der Waals surface area contributed by atoms with E-state index in [9.17, 15) is 9.18 Å². The van der Waals surface area contributed by atoms with Gasteiger partial charge in [0.1, 0.15) is 5.82 Å². The molecule has 2 aromatic heterocycles. The Hall–Kier alpha value is -4.30. The molecule has 35 heavy (non-hydrogen) atoms. The first-order chi connectivity index (χ1) is 17.2. The van der Waals surface area contributed by atoms with Crippen molar-refractivity contribution >= 4 is 23.4 Å². The van der Waals surface area contributed by atoms with Gasteiger partial charge in [0.25, 0.3) is 0 Å². The molecule has 0 aliphatic heterocycles. The van der Waals surface area contributed by atoms with Gasteiger partial charge in [-0.05, 0) is 48.0 Å². The van der Waals surface area contributed by atoms with E-state index in [0.29, 0.717) is 16.7 Å². The van der Waals surface area contributed by atoms with Crippen molar-refractivity contribution in [2.24, 2.45) is 0 Å². The maximum Gasteiger partial charge on any atom is 0.234 e. The van der Waals surface area contributed by atoms with Gasteiger partial charge < -0.3 is 5.32 Å². The number of pyridine rings is 1. The van der Waals surface area contributed by atoms with E-state index < -0.39 is 0 Å². The zero-order chi connectivity index (χ0) is 24.0. The molecule has 5 rings (SSSR count). The number of para-hydroxylation sites is 1. The lowest BCUT2D eigenvalue weighted by molar-refractivity contribution is -0.113. The smallest absolute Gasteiger partial charge is 0.234 e. The van der Waals surface area contributed by atoms with Crippen LogP contribution in [0.3, 0.4) is 0 Å². The fourth-order valence-electron chi connectivity index (χ4n) is 3.65. The molecular formula is C27H20FN5OS. The molecule has 6 nitrogen and oxygen atoms in total. The first-order valence-corrected chi connectivity index (χ1v) is 11.9. The van der Waals surface area contributed by atoms with Crippen molar-refractivity contribution in [1.82, 2.24) is 19.7 Å². The summed E-state index contributed by atoms with van der Waals surface area (Å²) in [6.07, 6.45) is 3.34. The van der Waals surface area contributed by atoms with Gasteiger partial charge in [-0.1, -0.05) is 60.3 Å². The Morgan fingerprint density at radius 2 is 1.54 bits per heavy atom. The molecular weight excluding hydrogens is 461 g/mol. The van der Waals surface area contributed by atoms with E-state index in [-0.39, 0.29) is 17.5 Å². The number of benzene rings is 3. The van der Waals surface area contributed by atoms with Crippen LogP contribution in [-0.4, -0.2) is 31.4 Å². The van der Waals surface area contributed by atoms with Gasteiger partial charge in [0.15, 0.2) is 11.0 Å². The van der Waals surface area contributed by atoms with Crippen LogP contribution in [0, 0.1) is 5.82 Å². The second-order valence-corrected chi connectivity index (χ2v) is 8.54. The standard InChI is InChI=1S/C27H20FN5OS/c28-21-10-12-22(13-11-21)33-26(20-14-16-29-17-15-20)31-32-27(33)35-18-25(34)30-24-9-5-4-8-23(24)19-6-2-1-3-7-19/h1-17H,18H2,(H,30,34). The zero-order valence-electron chi connectivity index (χ0n) is 18.5. The van der Waals surface area contributed by atoms with E-state index in [2.05, 4.69) is 20.5 Å². The zero-order valence-corrected chi connectivity index (χ0v) is 19.3. The summed E-state index contributed by atoms with van der Waals surface area (Å²) in [5, 5.41) is 12.2. The summed E-state index contributed by atoms with van der Waals surface area (Å²) in [5.41, 5.74) is 4.21. The number of nitrogens with zero attached hydrogens (tertiary/aromatic N) is 4. The lowest BCUT2D eigenvalue weighted by Gasteiger charge is -2.12. The first kappa shape index (κ1) is 22.5. The highest BCUT2D eigenvalue weighted by Crippen LogP contribution is 2.30. The van der Waals surface area contributed by atoms with Crippen molar-refractivity contribution in [3.05, 3.63) is 109 Å². The second kappa shape index (κ2) is 10.3. The summed E-state index contributed by atoms with van der Waals surface area (Å²) in [4.78, 5) is 16.9. The summed E-state index contributed by atoms with van der Waals surface area (Å²) >= 11 is 1.26. The Morgan fingerprint density at radius 1 is 0.829 bits per heavy atom. The van der Waals surface area contributed by atoms with E-state index in [1.54, 1.807) is 24.5 Å². The van der Waals surface area contributed by atoms with Crippen LogP contribution < -0.4 is 5.32 Å². The number of carbonyl (C=O) groups is 1. The number of nitrogens with one attached hydrogen (secondary N) is 1. The Morgan fingerprint density at radius 3 is 2.31 bits per heavy atom. The highest BCUT2D eigenvalue weighted by Gasteiger charge is 2.18. The molecule has 0 radical (unpaired) electrons. The van der Waals surface area contributed by atoms with Gasteiger partial charge in [-0.25, -0.2) is 4.39 Å². The van der Waals surface area contributed by atoms with Crippen LogP contribution in [0.4, 0.5) is 10.1 Å². The topological polar surface area (TPSA) is 72.7 Å². The molecule has 0 spiro atoms. The summed E-state index contributed by atoms with van der Waals surface area (Å²) in [7, 11) is 0. The third kappa shape index (κ3) is 5.12. The second-order valence-electron chi connectivity index (χ2n) is 7.60. The highest BCUT2D eigenvalue weighted by molar-refractivity contribution is 7.99. The van der Waals surface area contributed by atoms with Crippen LogP contribution in [0.15, 0.2) is 109 Å². The van der Waals surface area contributed by atoms with Crippen molar-refractivity contribution in [3.8, 4) is 28.2 Å². The number of amides is 1. The first-order valence-electron chi connectivity index (χ1n) is 10.9. The minimum absolute atomic E-state index is 0.124. The van der Waals surface area contributed by atoms with Crippen LogP contribution in [-0.2, 0) is 4.79 Å². The number of aromatic nitrogens is 4. The Labute approximate surface area is 205 Å². The average molecular weight is 482 g/mol. The Balaban J connectivity index is 1.38. The summed E-state index contributed by atoms with van der Waals surface area (Å²) < 4.78 is 15.4. The van der Waals surface area contributed by atoms with Crippen LogP contribution in [0.25, 0.3) is 28.2 Å². The predicted molar refractivity (Wildman–Crippen MR) is 136 cm³/mol. The molecule has 8 heteroatoms. The summed E-state index contributed by atoms with van der Waals surface area (Å²) in [5.74, 6) is 0.200. The fourth-order valence-corrected chi connectivity index (χ4v) is 4.40. The van der Waals surface area contributed by atoms with E-state index in [4.69, 9.17) is 0 Å². The van der Waals surface area contributed by atoms with Gasteiger partial charge >= 0.3 is 0 Å². The summed E-state index contributed by atoms with van der Waals surface area (Å²) in [6.45, 7) is 0. The number of hydrogen-bond acceptors (Lipinski definition) is 5. The number of hydrogen-bond donors (Lipinski definition) is 1.